The smallest absolute Gasteiger partial charge is 0.241 e. The van der Waals surface area contributed by atoms with E-state index >= 15 is 0 Å². The molecule has 1 saturated heterocycles. The van der Waals surface area contributed by atoms with Crippen molar-refractivity contribution >= 4 is 39.9 Å². The lowest BCUT2D eigenvalue weighted by Crippen LogP contribution is -2.39. The molecule has 122 valence electrons. The first kappa shape index (κ1) is 17.6. The molecule has 0 bridgehead atoms. The van der Waals surface area contributed by atoms with E-state index < -0.39 is 0 Å². The molecule has 3 unspecified atom stereocenters. The maximum Gasteiger partial charge on any atom is 0.241 e. The molecule has 0 aromatic heterocycles. The summed E-state index contributed by atoms with van der Waals surface area (Å²) >= 11 is 3.44. The minimum absolute atomic E-state index is 0. The van der Waals surface area contributed by atoms with E-state index in [-0.39, 0.29) is 24.4 Å². The van der Waals surface area contributed by atoms with Crippen LogP contribution < -0.4 is 15.4 Å². The fourth-order valence-corrected chi connectivity index (χ4v) is 4.04. The lowest BCUT2D eigenvalue weighted by Gasteiger charge is -2.24. The Morgan fingerprint density at radius 2 is 2.14 bits per heavy atom. The second-order valence-corrected chi connectivity index (χ2v) is 6.80. The number of hydrogen-bond donors (Lipinski definition) is 2. The molecule has 1 aromatic carbocycles. The Hall–Kier alpha value is -0.780. The zero-order valence-electron chi connectivity index (χ0n) is 12.6. The first-order valence-corrected chi connectivity index (χ1v) is 8.37. The summed E-state index contributed by atoms with van der Waals surface area (Å²) < 4.78 is 6.04. The summed E-state index contributed by atoms with van der Waals surface area (Å²) in [6.07, 6.45) is 6.03. The Balaban J connectivity index is 0.00000176. The van der Waals surface area contributed by atoms with E-state index in [1.165, 1.54) is 25.7 Å². The van der Waals surface area contributed by atoms with Crippen molar-refractivity contribution < 1.29 is 9.53 Å². The fourth-order valence-electron chi connectivity index (χ4n) is 3.49. The normalized spacial score (nSPS) is 26.7. The van der Waals surface area contributed by atoms with Crippen LogP contribution in [0.5, 0.6) is 5.75 Å². The molecular formula is C16H22BrClN2O2. The lowest BCUT2D eigenvalue weighted by molar-refractivity contribution is -0.117. The Bertz CT molecular complexity index is 527. The molecule has 1 aliphatic carbocycles. The van der Waals surface area contributed by atoms with E-state index in [0.29, 0.717) is 12.0 Å². The second-order valence-electron chi connectivity index (χ2n) is 5.94. The number of fused-ring (bicyclic) bond motifs is 1. The van der Waals surface area contributed by atoms with Gasteiger partial charge in [0.05, 0.1) is 17.6 Å². The van der Waals surface area contributed by atoms with Crippen molar-refractivity contribution in [3.05, 3.63) is 22.7 Å². The van der Waals surface area contributed by atoms with E-state index in [0.717, 1.165) is 22.3 Å². The zero-order chi connectivity index (χ0) is 14.8. The van der Waals surface area contributed by atoms with Gasteiger partial charge < -0.3 is 15.4 Å². The number of halogens is 2. The van der Waals surface area contributed by atoms with Crippen molar-refractivity contribution in [1.29, 1.82) is 0 Å². The van der Waals surface area contributed by atoms with Crippen molar-refractivity contribution in [2.45, 2.75) is 44.2 Å². The van der Waals surface area contributed by atoms with Crippen molar-refractivity contribution in [3.8, 4) is 5.75 Å². The summed E-state index contributed by atoms with van der Waals surface area (Å²) in [5.74, 6) is 1.51. The Labute approximate surface area is 145 Å². The van der Waals surface area contributed by atoms with E-state index in [4.69, 9.17) is 4.74 Å². The molecule has 22 heavy (non-hydrogen) atoms. The predicted octanol–water partition coefficient (Wildman–Crippen LogP) is 3.74. The highest BCUT2D eigenvalue weighted by Crippen LogP contribution is 2.34. The Kier molecular flexibility index (Phi) is 6.12. The molecule has 1 amide bonds. The lowest BCUT2D eigenvalue weighted by atomic mass is 9.85. The molecule has 4 nitrogen and oxygen atoms in total. The van der Waals surface area contributed by atoms with E-state index in [2.05, 4.69) is 26.6 Å². The number of benzene rings is 1. The molecule has 3 rings (SSSR count). The van der Waals surface area contributed by atoms with Crippen LogP contribution in [0.4, 0.5) is 5.69 Å². The van der Waals surface area contributed by atoms with Crippen LogP contribution in [0.1, 0.15) is 32.1 Å². The van der Waals surface area contributed by atoms with Gasteiger partial charge in [-0.3, -0.25) is 4.79 Å². The van der Waals surface area contributed by atoms with Gasteiger partial charge in [-0.2, -0.15) is 0 Å². The molecule has 0 radical (unpaired) electrons. The third-order valence-corrected chi connectivity index (χ3v) is 5.22. The topological polar surface area (TPSA) is 50.4 Å². The van der Waals surface area contributed by atoms with Crippen LogP contribution in [0.15, 0.2) is 22.7 Å². The van der Waals surface area contributed by atoms with Gasteiger partial charge >= 0.3 is 0 Å². The highest BCUT2D eigenvalue weighted by atomic mass is 79.9. The Morgan fingerprint density at radius 3 is 2.82 bits per heavy atom. The number of nitrogens with one attached hydrogen (secondary N) is 2. The quantitative estimate of drug-likeness (QED) is 0.828. The van der Waals surface area contributed by atoms with Crippen molar-refractivity contribution in [3.63, 3.8) is 0 Å². The van der Waals surface area contributed by atoms with Crippen molar-refractivity contribution in [1.82, 2.24) is 5.32 Å². The van der Waals surface area contributed by atoms with Gasteiger partial charge in [-0.25, -0.2) is 0 Å². The molecule has 6 heteroatoms. The number of carbonyl (C=O) groups is 1. The summed E-state index contributed by atoms with van der Waals surface area (Å²) in [7, 11) is 1.63. The number of ether oxygens (including phenoxy) is 1. The molecule has 1 saturated carbocycles. The minimum Gasteiger partial charge on any atom is -0.496 e. The molecule has 3 atom stereocenters. The summed E-state index contributed by atoms with van der Waals surface area (Å²) in [4.78, 5) is 12.4. The van der Waals surface area contributed by atoms with Crippen LogP contribution in [0.3, 0.4) is 0 Å². The molecule has 0 spiro atoms. The molecule has 1 heterocycles. The number of rotatable bonds is 3. The molecule has 2 aliphatic rings. The highest BCUT2D eigenvalue weighted by molar-refractivity contribution is 9.10. The van der Waals surface area contributed by atoms with E-state index in [1.807, 2.05) is 18.2 Å². The molecule has 2 fully saturated rings. The largest absolute Gasteiger partial charge is 0.496 e. The number of amides is 1. The molecule has 1 aliphatic heterocycles. The van der Waals surface area contributed by atoms with Gasteiger partial charge in [0.15, 0.2) is 0 Å². The summed E-state index contributed by atoms with van der Waals surface area (Å²) in [6.45, 7) is 0. The Morgan fingerprint density at radius 1 is 1.36 bits per heavy atom. The predicted molar refractivity (Wildman–Crippen MR) is 93.9 cm³/mol. The van der Waals surface area contributed by atoms with E-state index in [9.17, 15) is 4.79 Å². The van der Waals surface area contributed by atoms with Gasteiger partial charge in [-0.05, 0) is 59.3 Å². The summed E-state index contributed by atoms with van der Waals surface area (Å²) in [5, 5.41) is 6.50. The number of anilines is 1. The highest BCUT2D eigenvalue weighted by Gasteiger charge is 2.38. The number of carbonyl (C=O) groups excluding carboxylic acids is 1. The maximum absolute atomic E-state index is 12.4. The van der Waals surface area contributed by atoms with Gasteiger partial charge in [-0.15, -0.1) is 12.4 Å². The molecule has 2 N–H and O–H groups in total. The molecule has 1 aromatic rings. The van der Waals surface area contributed by atoms with Gasteiger partial charge in [0, 0.05) is 11.7 Å². The third-order valence-electron chi connectivity index (χ3n) is 4.60. The average Bonchev–Trinajstić information content (AvgIpc) is 2.91. The maximum atomic E-state index is 12.4. The minimum atomic E-state index is -0.0565. The average molecular weight is 390 g/mol. The molecular weight excluding hydrogens is 368 g/mol. The standard InChI is InChI=1S/C16H21BrN2O2.ClH/c1-21-15-7-6-11(9-12(15)17)18-16(20)14-8-10-4-2-3-5-13(10)19-14;/h6-7,9-10,13-14,19H,2-5,8H2,1H3,(H,18,20);1H. The summed E-state index contributed by atoms with van der Waals surface area (Å²) in [5.41, 5.74) is 0.796. The number of hydrogen-bond acceptors (Lipinski definition) is 3. The monoisotopic (exact) mass is 388 g/mol. The van der Waals surface area contributed by atoms with Gasteiger partial charge in [0.1, 0.15) is 5.75 Å². The van der Waals surface area contributed by atoms with E-state index in [1.54, 1.807) is 7.11 Å². The fraction of sp³-hybridized carbons (Fsp3) is 0.562. The van der Waals surface area contributed by atoms with Crippen LogP contribution >= 0.6 is 28.3 Å². The van der Waals surface area contributed by atoms with Crippen LogP contribution in [-0.4, -0.2) is 25.1 Å². The number of methoxy groups -OCH3 is 1. The van der Waals surface area contributed by atoms with Gasteiger partial charge in [-0.1, -0.05) is 12.8 Å². The van der Waals surface area contributed by atoms with Crippen LogP contribution in [0, 0.1) is 5.92 Å². The van der Waals surface area contributed by atoms with Crippen LogP contribution in [0.2, 0.25) is 0 Å². The van der Waals surface area contributed by atoms with Gasteiger partial charge in [0.25, 0.3) is 0 Å². The van der Waals surface area contributed by atoms with Gasteiger partial charge in [0.2, 0.25) is 5.91 Å². The van der Waals surface area contributed by atoms with Crippen LogP contribution in [0.25, 0.3) is 0 Å². The third kappa shape index (κ3) is 3.76. The first-order chi connectivity index (χ1) is 10.2. The van der Waals surface area contributed by atoms with Crippen LogP contribution in [-0.2, 0) is 4.79 Å². The van der Waals surface area contributed by atoms with Crippen molar-refractivity contribution in [2.24, 2.45) is 5.92 Å². The second kappa shape index (κ2) is 7.66. The zero-order valence-corrected chi connectivity index (χ0v) is 15.0. The van der Waals surface area contributed by atoms with Crippen molar-refractivity contribution in [2.75, 3.05) is 12.4 Å². The first-order valence-electron chi connectivity index (χ1n) is 7.58. The SMILES string of the molecule is COc1ccc(NC(=O)C2CC3CCCCC3N2)cc1Br.Cl. The summed E-state index contributed by atoms with van der Waals surface area (Å²) in [6, 6.07) is 6.07.